The van der Waals surface area contributed by atoms with Crippen LogP contribution in [0.4, 0.5) is 13.2 Å². The van der Waals surface area contributed by atoms with Gasteiger partial charge in [-0.15, -0.1) is 0 Å². The highest BCUT2D eigenvalue weighted by Gasteiger charge is 2.30. The summed E-state index contributed by atoms with van der Waals surface area (Å²) in [4.78, 5) is 3.02. The number of rotatable bonds is 2. The molecule has 0 aliphatic rings. The summed E-state index contributed by atoms with van der Waals surface area (Å²) < 4.78 is 43.2. The molecule has 0 atom stereocenters. The highest BCUT2D eigenvalue weighted by Crippen LogP contribution is 2.33. The van der Waals surface area contributed by atoms with E-state index in [1.807, 2.05) is 30.3 Å². The fourth-order valence-electron chi connectivity index (χ4n) is 2.23. The van der Waals surface area contributed by atoms with Crippen molar-refractivity contribution in [2.75, 3.05) is 7.11 Å². The van der Waals surface area contributed by atoms with Crippen LogP contribution >= 0.6 is 0 Å². The first-order valence-corrected chi connectivity index (χ1v) is 6.32. The number of benzene rings is 2. The number of hydrogen-bond acceptors (Lipinski definition) is 1. The van der Waals surface area contributed by atoms with Crippen LogP contribution in [0.1, 0.15) is 5.56 Å². The van der Waals surface area contributed by atoms with E-state index in [9.17, 15) is 13.2 Å². The summed E-state index contributed by atoms with van der Waals surface area (Å²) in [7, 11) is 1.58. The summed E-state index contributed by atoms with van der Waals surface area (Å²) in [6, 6.07) is 12.8. The molecule has 0 aliphatic heterocycles. The molecule has 0 spiro atoms. The van der Waals surface area contributed by atoms with Gasteiger partial charge in [-0.2, -0.15) is 13.2 Å². The van der Waals surface area contributed by atoms with E-state index in [-0.39, 0.29) is 0 Å². The summed E-state index contributed by atoms with van der Waals surface area (Å²) in [5.74, 6) is 0.731. The Morgan fingerprint density at radius 2 is 1.67 bits per heavy atom. The molecule has 3 aromatic rings. The highest BCUT2D eigenvalue weighted by molar-refractivity contribution is 5.86. The molecule has 1 N–H and O–H groups in total. The maximum Gasteiger partial charge on any atom is 0.416 e. The number of alkyl halides is 3. The van der Waals surface area contributed by atoms with Crippen LogP contribution in [-0.4, -0.2) is 12.1 Å². The monoisotopic (exact) mass is 291 g/mol. The predicted octanol–water partition coefficient (Wildman–Crippen LogP) is 4.86. The lowest BCUT2D eigenvalue weighted by Gasteiger charge is -2.05. The average Bonchev–Trinajstić information content (AvgIpc) is 2.89. The van der Waals surface area contributed by atoms with Gasteiger partial charge in [-0.25, -0.2) is 0 Å². The van der Waals surface area contributed by atoms with Gasteiger partial charge in [0, 0.05) is 16.6 Å². The Balaban J connectivity index is 2.04. The van der Waals surface area contributed by atoms with E-state index >= 15 is 0 Å². The van der Waals surface area contributed by atoms with Crippen molar-refractivity contribution >= 4 is 10.9 Å². The molecular formula is C16H12F3NO. The highest BCUT2D eigenvalue weighted by atomic mass is 19.4. The Bertz CT molecular complexity index is 772. The maximum atomic E-state index is 12.7. The normalized spacial score (nSPS) is 11.8. The van der Waals surface area contributed by atoms with Crippen LogP contribution in [-0.2, 0) is 6.18 Å². The molecule has 1 aromatic heterocycles. The van der Waals surface area contributed by atoms with E-state index in [0.717, 1.165) is 34.5 Å². The third kappa shape index (κ3) is 2.59. The zero-order valence-electron chi connectivity index (χ0n) is 11.2. The lowest BCUT2D eigenvalue weighted by Crippen LogP contribution is -2.03. The minimum atomic E-state index is -4.33. The molecule has 0 bridgehead atoms. The second-order valence-corrected chi connectivity index (χ2v) is 4.71. The second-order valence-electron chi connectivity index (χ2n) is 4.71. The Hall–Kier alpha value is -2.43. The van der Waals surface area contributed by atoms with Crippen LogP contribution in [0.25, 0.3) is 22.2 Å². The summed E-state index contributed by atoms with van der Waals surface area (Å²) in [6.07, 6.45) is -4.33. The molecule has 1 heterocycles. The molecule has 0 saturated heterocycles. The standard InChI is InChI=1S/C16H12F3NO/c1-21-13-6-3-10(4-7-13)14-8-11-2-5-12(16(17,18)19)9-15(11)20-14/h2-9,20H,1H3. The van der Waals surface area contributed by atoms with Crippen LogP contribution in [0, 0.1) is 0 Å². The fourth-order valence-corrected chi connectivity index (χ4v) is 2.23. The van der Waals surface area contributed by atoms with Crippen molar-refractivity contribution in [1.29, 1.82) is 0 Å². The van der Waals surface area contributed by atoms with Gasteiger partial charge in [0.1, 0.15) is 5.75 Å². The van der Waals surface area contributed by atoms with Crippen molar-refractivity contribution in [3.05, 3.63) is 54.1 Å². The summed E-state index contributed by atoms with van der Waals surface area (Å²) in [5.41, 5.74) is 1.47. The minimum absolute atomic E-state index is 0.468. The second kappa shape index (κ2) is 4.84. The third-order valence-electron chi connectivity index (χ3n) is 3.35. The van der Waals surface area contributed by atoms with E-state index < -0.39 is 11.7 Å². The Labute approximate surface area is 119 Å². The van der Waals surface area contributed by atoms with E-state index in [1.54, 1.807) is 7.11 Å². The molecule has 2 aromatic carbocycles. The van der Waals surface area contributed by atoms with Crippen molar-refractivity contribution in [1.82, 2.24) is 4.98 Å². The van der Waals surface area contributed by atoms with Crippen molar-refractivity contribution in [3.8, 4) is 17.0 Å². The molecule has 0 radical (unpaired) electrons. The van der Waals surface area contributed by atoms with Gasteiger partial charge in [0.05, 0.1) is 12.7 Å². The van der Waals surface area contributed by atoms with Crippen LogP contribution in [0.2, 0.25) is 0 Å². The van der Waals surface area contributed by atoms with Gasteiger partial charge in [-0.1, -0.05) is 6.07 Å². The summed E-state index contributed by atoms with van der Waals surface area (Å²) >= 11 is 0. The minimum Gasteiger partial charge on any atom is -0.497 e. The van der Waals surface area contributed by atoms with Gasteiger partial charge < -0.3 is 9.72 Å². The molecule has 0 fully saturated rings. The largest absolute Gasteiger partial charge is 0.497 e. The number of fused-ring (bicyclic) bond motifs is 1. The van der Waals surface area contributed by atoms with Gasteiger partial charge in [-0.05, 0) is 48.0 Å². The van der Waals surface area contributed by atoms with Gasteiger partial charge in [0.2, 0.25) is 0 Å². The topological polar surface area (TPSA) is 25.0 Å². The molecule has 21 heavy (non-hydrogen) atoms. The molecule has 108 valence electrons. The number of ether oxygens (including phenoxy) is 1. The van der Waals surface area contributed by atoms with Crippen LogP contribution in [0.5, 0.6) is 5.75 Å². The molecule has 5 heteroatoms. The predicted molar refractivity (Wildman–Crippen MR) is 75.3 cm³/mol. The number of H-pyrrole nitrogens is 1. The van der Waals surface area contributed by atoms with Crippen LogP contribution < -0.4 is 4.74 Å². The molecule has 3 rings (SSSR count). The molecule has 0 saturated carbocycles. The van der Waals surface area contributed by atoms with Crippen molar-refractivity contribution in [2.45, 2.75) is 6.18 Å². The first-order valence-electron chi connectivity index (χ1n) is 6.32. The Morgan fingerprint density at radius 1 is 0.952 bits per heavy atom. The molecular weight excluding hydrogens is 279 g/mol. The number of nitrogens with one attached hydrogen (secondary N) is 1. The van der Waals surface area contributed by atoms with Gasteiger partial charge in [0.25, 0.3) is 0 Å². The first kappa shape index (κ1) is 13.5. The number of halogens is 3. The first-order chi connectivity index (χ1) is 9.97. The molecule has 2 nitrogen and oxygen atoms in total. The fraction of sp³-hybridized carbons (Fsp3) is 0.125. The molecule has 0 unspecified atom stereocenters. The summed E-state index contributed by atoms with van der Waals surface area (Å²) in [5, 5.41) is 0.744. The maximum absolute atomic E-state index is 12.7. The zero-order valence-corrected chi connectivity index (χ0v) is 11.2. The van der Waals surface area contributed by atoms with Crippen LogP contribution in [0.3, 0.4) is 0 Å². The lowest BCUT2D eigenvalue weighted by atomic mass is 10.1. The third-order valence-corrected chi connectivity index (χ3v) is 3.35. The van der Waals surface area contributed by atoms with Gasteiger partial charge >= 0.3 is 6.18 Å². The average molecular weight is 291 g/mol. The van der Waals surface area contributed by atoms with E-state index in [1.165, 1.54) is 6.07 Å². The van der Waals surface area contributed by atoms with Crippen LogP contribution in [0.15, 0.2) is 48.5 Å². The number of methoxy groups -OCH3 is 1. The number of aromatic nitrogens is 1. The van der Waals surface area contributed by atoms with E-state index in [0.29, 0.717) is 5.52 Å². The van der Waals surface area contributed by atoms with E-state index in [4.69, 9.17) is 4.74 Å². The van der Waals surface area contributed by atoms with E-state index in [2.05, 4.69) is 4.98 Å². The molecule has 0 amide bonds. The SMILES string of the molecule is COc1ccc(-c2cc3ccc(C(F)(F)F)cc3[nH]2)cc1. The lowest BCUT2D eigenvalue weighted by molar-refractivity contribution is -0.137. The Kier molecular flexibility index (Phi) is 3.12. The zero-order chi connectivity index (χ0) is 15.0. The Morgan fingerprint density at radius 3 is 2.29 bits per heavy atom. The number of aromatic amines is 1. The molecule has 0 aliphatic carbocycles. The van der Waals surface area contributed by atoms with Crippen molar-refractivity contribution in [2.24, 2.45) is 0 Å². The summed E-state index contributed by atoms with van der Waals surface area (Å²) in [6.45, 7) is 0. The van der Waals surface area contributed by atoms with Gasteiger partial charge in [0.15, 0.2) is 0 Å². The van der Waals surface area contributed by atoms with Crippen molar-refractivity contribution in [3.63, 3.8) is 0 Å². The number of hydrogen-bond donors (Lipinski definition) is 1. The van der Waals surface area contributed by atoms with Crippen molar-refractivity contribution < 1.29 is 17.9 Å². The van der Waals surface area contributed by atoms with Gasteiger partial charge in [-0.3, -0.25) is 0 Å². The smallest absolute Gasteiger partial charge is 0.416 e. The quantitative estimate of drug-likeness (QED) is 0.716.